The van der Waals surface area contributed by atoms with Gasteiger partial charge >= 0.3 is 6.03 Å². The van der Waals surface area contributed by atoms with E-state index >= 15 is 0 Å². The van der Waals surface area contributed by atoms with Gasteiger partial charge in [0.05, 0.1) is 12.8 Å². The number of unbranched alkanes of at least 4 members (excludes halogenated alkanes) is 1. The molecule has 1 aliphatic carbocycles. The average molecular weight is 490 g/mol. The first kappa shape index (κ1) is 27.5. The Morgan fingerprint density at radius 3 is 2.59 bits per heavy atom. The van der Waals surface area contributed by atoms with Gasteiger partial charge in [-0.15, -0.1) is 0 Å². The fourth-order valence-electron chi connectivity index (χ4n) is 4.67. The molecular formula is C24H39N7O2S. The van der Waals surface area contributed by atoms with Gasteiger partial charge in [0.1, 0.15) is 12.0 Å². The second-order valence-electron chi connectivity index (χ2n) is 8.49. The van der Waals surface area contributed by atoms with E-state index in [1.54, 1.807) is 6.33 Å². The summed E-state index contributed by atoms with van der Waals surface area (Å²) in [6.45, 7) is 9.86. The normalized spacial score (nSPS) is 21.1. The van der Waals surface area contributed by atoms with Crippen molar-refractivity contribution in [3.63, 3.8) is 0 Å². The minimum Gasteiger partial charge on any atom is -0.468 e. The third-order valence-electron chi connectivity index (χ3n) is 6.29. The fourth-order valence-corrected chi connectivity index (χ4v) is 4.84. The Bertz CT molecular complexity index is 948. The molecule has 0 spiro atoms. The summed E-state index contributed by atoms with van der Waals surface area (Å²) in [5, 5.41) is 3.74. The Morgan fingerprint density at radius 2 is 2.00 bits per heavy atom. The van der Waals surface area contributed by atoms with Crippen LogP contribution in [0.5, 0.6) is 0 Å². The molecule has 0 bridgehead atoms. The Kier molecular flexibility index (Phi) is 11.2. The number of nitrogens with one attached hydrogen (secondary N) is 2. The number of hydrogen-bond acceptors (Lipinski definition) is 5. The number of methoxy groups -OCH3 is 1. The number of carbonyl (C=O) groups excluding carboxylic acids is 1. The van der Waals surface area contributed by atoms with Gasteiger partial charge in [0.15, 0.2) is 0 Å². The number of aliphatic imine (C=N–C) groups is 1. The van der Waals surface area contributed by atoms with Crippen molar-refractivity contribution in [1.29, 1.82) is 0 Å². The summed E-state index contributed by atoms with van der Waals surface area (Å²) in [5.74, 6) is 2.15. The van der Waals surface area contributed by atoms with Gasteiger partial charge < -0.3 is 20.4 Å². The predicted octanol–water partition coefficient (Wildman–Crippen LogP) is 4.38. The van der Waals surface area contributed by atoms with Crippen LogP contribution in [0.3, 0.4) is 0 Å². The lowest BCUT2D eigenvalue weighted by Crippen LogP contribution is -2.41. The quantitative estimate of drug-likeness (QED) is 0.334. The molecule has 2 unspecified atom stereocenters. The van der Waals surface area contributed by atoms with Crippen LogP contribution in [0.25, 0.3) is 11.0 Å². The molecule has 1 saturated carbocycles. The highest BCUT2D eigenvalue weighted by molar-refractivity contribution is 7.80. The number of aryl methyl sites for hydroxylation is 1. The molecule has 1 saturated heterocycles. The van der Waals surface area contributed by atoms with Gasteiger partial charge in [-0.25, -0.2) is 14.8 Å². The number of nitrogens with zero attached hydrogens (tertiary/aromatic N) is 4. The maximum Gasteiger partial charge on any atom is 0.323 e. The van der Waals surface area contributed by atoms with Gasteiger partial charge in [-0.1, -0.05) is 40.0 Å². The molecule has 4 rings (SSSR count). The number of hydrogen-bond donors (Lipinski definition) is 3. The number of H-pyrrole nitrogens is 1. The maximum absolute atomic E-state index is 12.2. The SMILES string of the molecule is CC.CCCCC1CC2CN(C(=O)NC(=S)/N=C(\N)OC)CC2C1.Cc1ncnc2[nH]ccc12. The third-order valence-corrected chi connectivity index (χ3v) is 6.48. The first-order chi connectivity index (χ1) is 16.4. The lowest BCUT2D eigenvalue weighted by Gasteiger charge is -2.19. The molecule has 2 aromatic rings. The van der Waals surface area contributed by atoms with Crippen molar-refractivity contribution in [1.82, 2.24) is 25.2 Å². The molecule has 9 nitrogen and oxygen atoms in total. The number of aromatic amines is 1. The van der Waals surface area contributed by atoms with Crippen LogP contribution in [0, 0.1) is 24.7 Å². The zero-order valence-electron chi connectivity index (χ0n) is 21.0. The van der Waals surface area contributed by atoms with E-state index in [0.29, 0.717) is 11.8 Å². The summed E-state index contributed by atoms with van der Waals surface area (Å²) in [5.41, 5.74) is 7.34. The second-order valence-corrected chi connectivity index (χ2v) is 8.88. The number of rotatable bonds is 3. The first-order valence-corrected chi connectivity index (χ1v) is 12.5. The van der Waals surface area contributed by atoms with Crippen LogP contribution in [0.2, 0.25) is 0 Å². The topological polar surface area (TPSA) is 122 Å². The fraction of sp³-hybridized carbons (Fsp3) is 0.625. The Morgan fingerprint density at radius 1 is 1.32 bits per heavy atom. The van der Waals surface area contributed by atoms with Crippen molar-refractivity contribution in [3.8, 4) is 0 Å². The zero-order valence-corrected chi connectivity index (χ0v) is 21.8. The molecule has 34 heavy (non-hydrogen) atoms. The van der Waals surface area contributed by atoms with Crippen molar-refractivity contribution in [2.75, 3.05) is 20.2 Å². The minimum atomic E-state index is -0.183. The van der Waals surface area contributed by atoms with Crippen LogP contribution in [-0.4, -0.2) is 57.2 Å². The van der Waals surface area contributed by atoms with Crippen molar-refractivity contribution in [3.05, 3.63) is 24.3 Å². The lowest BCUT2D eigenvalue weighted by atomic mass is 9.99. The van der Waals surface area contributed by atoms with E-state index in [0.717, 1.165) is 35.7 Å². The highest BCUT2D eigenvalue weighted by atomic mass is 32.1. The maximum atomic E-state index is 12.2. The molecule has 2 aromatic heterocycles. The van der Waals surface area contributed by atoms with E-state index in [1.807, 2.05) is 37.9 Å². The van der Waals surface area contributed by atoms with Crippen LogP contribution >= 0.6 is 12.2 Å². The lowest BCUT2D eigenvalue weighted by molar-refractivity contribution is 0.208. The van der Waals surface area contributed by atoms with Gasteiger partial charge in [-0.2, -0.15) is 4.99 Å². The Hall–Kier alpha value is -2.75. The Labute approximate surface area is 208 Å². The molecule has 188 valence electrons. The molecule has 2 aliphatic rings. The largest absolute Gasteiger partial charge is 0.468 e. The smallest absolute Gasteiger partial charge is 0.323 e. The van der Waals surface area contributed by atoms with Gasteiger partial charge in [-0.3, -0.25) is 5.32 Å². The molecule has 0 radical (unpaired) electrons. The van der Waals surface area contributed by atoms with E-state index in [9.17, 15) is 4.79 Å². The van der Waals surface area contributed by atoms with E-state index in [1.165, 1.54) is 39.2 Å². The number of ether oxygens (including phenoxy) is 1. The summed E-state index contributed by atoms with van der Waals surface area (Å²) >= 11 is 4.97. The monoisotopic (exact) mass is 489 g/mol. The van der Waals surface area contributed by atoms with E-state index < -0.39 is 0 Å². The number of urea groups is 1. The van der Waals surface area contributed by atoms with Gasteiger partial charge in [0, 0.05) is 24.7 Å². The highest BCUT2D eigenvalue weighted by Crippen LogP contribution is 2.43. The van der Waals surface area contributed by atoms with E-state index in [2.05, 4.69) is 32.2 Å². The zero-order chi connectivity index (χ0) is 25.1. The summed E-state index contributed by atoms with van der Waals surface area (Å²) in [6.07, 6.45) is 9.87. The van der Waals surface area contributed by atoms with Crippen molar-refractivity contribution in [2.45, 2.75) is 59.8 Å². The molecule has 10 heteroatoms. The number of likely N-dealkylation sites (tertiary alicyclic amines) is 1. The standard InChI is InChI=1S/C15H26N4O2S.C7H7N3.C2H6/c1-3-4-5-10-6-11-8-19(9-12(11)7-10)15(20)18-14(22)17-13(16)21-2;1-5-6-2-3-8-7(6)10-4-9-5;1-2/h10-12H,3-9H2,1-2H3,(H3,16,17,18,20,22);2-4H,1H3,(H,8,9,10);1-2H3. The molecule has 0 aromatic carbocycles. The molecular weight excluding hydrogens is 450 g/mol. The second kappa shape index (κ2) is 13.8. The predicted molar refractivity (Wildman–Crippen MR) is 141 cm³/mol. The van der Waals surface area contributed by atoms with Gasteiger partial charge in [0.2, 0.25) is 5.11 Å². The van der Waals surface area contributed by atoms with Crippen molar-refractivity contribution < 1.29 is 9.53 Å². The van der Waals surface area contributed by atoms with E-state index in [-0.39, 0.29) is 17.2 Å². The summed E-state index contributed by atoms with van der Waals surface area (Å²) in [4.78, 5) is 28.9. The van der Waals surface area contributed by atoms with Crippen LogP contribution in [0.15, 0.2) is 23.6 Å². The van der Waals surface area contributed by atoms with Crippen molar-refractivity contribution in [2.24, 2.45) is 28.5 Å². The molecule has 2 atom stereocenters. The van der Waals surface area contributed by atoms with E-state index in [4.69, 9.17) is 22.7 Å². The van der Waals surface area contributed by atoms with Crippen LogP contribution in [-0.2, 0) is 4.74 Å². The summed E-state index contributed by atoms with van der Waals surface area (Å²) < 4.78 is 4.71. The molecule has 4 N–H and O–H groups in total. The third kappa shape index (κ3) is 7.65. The molecule has 1 aliphatic heterocycles. The number of amidine groups is 1. The molecule has 2 fully saturated rings. The van der Waals surface area contributed by atoms with Crippen LogP contribution in [0.1, 0.15) is 58.6 Å². The number of thiocarbonyl (C=S) groups is 1. The van der Waals surface area contributed by atoms with Gasteiger partial charge in [-0.05, 0) is 55.8 Å². The summed E-state index contributed by atoms with van der Waals surface area (Å²) in [6, 6.07) is 1.74. The van der Waals surface area contributed by atoms with Crippen molar-refractivity contribution >= 4 is 40.4 Å². The Balaban J connectivity index is 0.000000281. The first-order valence-electron chi connectivity index (χ1n) is 12.1. The highest BCUT2D eigenvalue weighted by Gasteiger charge is 2.42. The number of nitrogens with two attached hydrogens (primary N) is 1. The van der Waals surface area contributed by atoms with Crippen LogP contribution in [0.4, 0.5) is 4.79 Å². The summed E-state index contributed by atoms with van der Waals surface area (Å²) in [7, 11) is 1.40. The minimum absolute atomic E-state index is 0.0437. The number of carbonyl (C=O) groups is 1. The van der Waals surface area contributed by atoms with Gasteiger partial charge in [0.25, 0.3) is 6.02 Å². The molecule has 3 heterocycles. The number of aromatic nitrogens is 3. The van der Waals surface area contributed by atoms with Crippen LogP contribution < -0.4 is 11.1 Å². The average Bonchev–Trinajstić information content (AvgIpc) is 3.54. The number of amides is 2. The number of fused-ring (bicyclic) bond motifs is 2. The molecule has 2 amide bonds.